The van der Waals surface area contributed by atoms with E-state index in [1.165, 1.54) is 30.4 Å². The molecule has 3 rings (SSSR count). The van der Waals surface area contributed by atoms with Crippen LogP contribution < -0.4 is 14.8 Å². The molecular formula is C22H27NO3. The average molecular weight is 353 g/mol. The molecule has 0 aromatic heterocycles. The second-order valence-corrected chi connectivity index (χ2v) is 6.90. The number of aryl methyl sites for hydroxylation is 2. The standard InChI is InChI=1S/C22H27NO3/c1-15(18-9-8-17-6-4-5-7-19(17)14-18)23-22(24)16(2)26-21-12-10-20(25-3)11-13-21/h8-16H,4-7H2,1-3H3,(H,23,24)/t15-,16+/m1/s1. The van der Waals surface area contributed by atoms with Gasteiger partial charge < -0.3 is 14.8 Å². The summed E-state index contributed by atoms with van der Waals surface area (Å²) in [5.74, 6) is 1.29. The van der Waals surface area contributed by atoms with Crippen LogP contribution in [0.25, 0.3) is 0 Å². The fourth-order valence-electron chi connectivity index (χ4n) is 3.35. The SMILES string of the molecule is COc1ccc(O[C@@H](C)C(=O)N[C@H](C)c2ccc3c(c2)CCCC3)cc1. The number of amides is 1. The van der Waals surface area contributed by atoms with E-state index in [2.05, 4.69) is 23.5 Å². The number of nitrogens with one attached hydrogen (secondary N) is 1. The van der Waals surface area contributed by atoms with E-state index >= 15 is 0 Å². The largest absolute Gasteiger partial charge is 0.497 e. The molecule has 0 unspecified atom stereocenters. The summed E-state index contributed by atoms with van der Waals surface area (Å²) in [6.07, 6.45) is 4.27. The van der Waals surface area contributed by atoms with Crippen LogP contribution >= 0.6 is 0 Å². The van der Waals surface area contributed by atoms with E-state index in [1.807, 2.05) is 19.1 Å². The van der Waals surface area contributed by atoms with Crippen LogP contribution in [0.1, 0.15) is 49.4 Å². The lowest BCUT2D eigenvalue weighted by Gasteiger charge is -2.22. The van der Waals surface area contributed by atoms with Gasteiger partial charge >= 0.3 is 0 Å². The summed E-state index contributed by atoms with van der Waals surface area (Å²) in [7, 11) is 1.62. The highest BCUT2D eigenvalue weighted by molar-refractivity contribution is 5.81. The first-order valence-corrected chi connectivity index (χ1v) is 9.29. The number of benzene rings is 2. The summed E-state index contributed by atoms with van der Waals surface area (Å²) in [5, 5.41) is 3.06. The van der Waals surface area contributed by atoms with Crippen molar-refractivity contribution in [3.63, 3.8) is 0 Å². The van der Waals surface area contributed by atoms with Gasteiger partial charge in [0.25, 0.3) is 5.91 Å². The lowest BCUT2D eigenvalue weighted by Crippen LogP contribution is -2.37. The molecule has 138 valence electrons. The molecule has 0 saturated carbocycles. The Morgan fingerprint density at radius 3 is 2.31 bits per heavy atom. The molecule has 1 N–H and O–H groups in total. The summed E-state index contributed by atoms with van der Waals surface area (Å²) >= 11 is 0. The minimum absolute atomic E-state index is 0.0448. The van der Waals surface area contributed by atoms with Gasteiger partial charge in [-0.25, -0.2) is 0 Å². The Kier molecular flexibility index (Phi) is 5.82. The molecule has 1 amide bonds. The zero-order valence-corrected chi connectivity index (χ0v) is 15.7. The van der Waals surface area contributed by atoms with Crippen LogP contribution in [0, 0.1) is 0 Å². The molecule has 0 fully saturated rings. The Morgan fingerprint density at radius 1 is 0.962 bits per heavy atom. The van der Waals surface area contributed by atoms with Crippen molar-refractivity contribution in [2.75, 3.05) is 7.11 Å². The molecule has 1 aliphatic carbocycles. The van der Waals surface area contributed by atoms with Gasteiger partial charge in [0.15, 0.2) is 6.10 Å². The molecule has 2 aromatic carbocycles. The first kappa shape index (κ1) is 18.3. The Morgan fingerprint density at radius 2 is 1.62 bits per heavy atom. The number of hydrogen-bond acceptors (Lipinski definition) is 3. The van der Waals surface area contributed by atoms with E-state index in [4.69, 9.17) is 9.47 Å². The van der Waals surface area contributed by atoms with Crippen molar-refractivity contribution in [3.05, 3.63) is 59.2 Å². The molecule has 4 nitrogen and oxygen atoms in total. The summed E-state index contributed by atoms with van der Waals surface area (Å²) < 4.78 is 10.9. The molecule has 0 radical (unpaired) electrons. The average Bonchev–Trinajstić information content (AvgIpc) is 2.68. The summed E-state index contributed by atoms with van der Waals surface area (Å²) in [4.78, 5) is 12.5. The van der Waals surface area contributed by atoms with E-state index in [1.54, 1.807) is 26.2 Å². The van der Waals surface area contributed by atoms with Crippen molar-refractivity contribution >= 4 is 5.91 Å². The third-order valence-corrected chi connectivity index (χ3v) is 4.97. The number of methoxy groups -OCH3 is 1. The van der Waals surface area contributed by atoms with Crippen LogP contribution in [-0.4, -0.2) is 19.1 Å². The van der Waals surface area contributed by atoms with Crippen molar-refractivity contribution in [1.82, 2.24) is 5.32 Å². The molecule has 0 bridgehead atoms. The zero-order chi connectivity index (χ0) is 18.5. The Hall–Kier alpha value is -2.49. The van der Waals surface area contributed by atoms with Gasteiger partial charge in [-0.1, -0.05) is 18.2 Å². The molecule has 1 aliphatic rings. The molecule has 0 spiro atoms. The van der Waals surface area contributed by atoms with Gasteiger partial charge in [0.2, 0.25) is 0 Å². The molecule has 0 aliphatic heterocycles. The monoisotopic (exact) mass is 353 g/mol. The van der Waals surface area contributed by atoms with Crippen LogP contribution in [-0.2, 0) is 17.6 Å². The van der Waals surface area contributed by atoms with Gasteiger partial charge in [-0.3, -0.25) is 4.79 Å². The number of hydrogen-bond donors (Lipinski definition) is 1. The number of fused-ring (bicyclic) bond motifs is 1. The number of rotatable bonds is 6. The second kappa shape index (κ2) is 8.26. The number of ether oxygens (including phenoxy) is 2. The maximum Gasteiger partial charge on any atom is 0.261 e. The number of carbonyl (C=O) groups excluding carboxylic acids is 1. The van der Waals surface area contributed by atoms with Crippen LogP contribution in [0.2, 0.25) is 0 Å². The van der Waals surface area contributed by atoms with Crippen LogP contribution in [0.5, 0.6) is 11.5 Å². The van der Waals surface area contributed by atoms with Gasteiger partial charge in [-0.15, -0.1) is 0 Å². The van der Waals surface area contributed by atoms with Gasteiger partial charge in [0.1, 0.15) is 11.5 Å². The highest BCUT2D eigenvalue weighted by Crippen LogP contribution is 2.25. The van der Waals surface area contributed by atoms with E-state index < -0.39 is 6.10 Å². The van der Waals surface area contributed by atoms with E-state index in [9.17, 15) is 4.79 Å². The van der Waals surface area contributed by atoms with E-state index in [-0.39, 0.29) is 11.9 Å². The fraction of sp³-hybridized carbons (Fsp3) is 0.409. The predicted octanol–water partition coefficient (Wildman–Crippen LogP) is 4.22. The van der Waals surface area contributed by atoms with Gasteiger partial charge in [-0.05, 0) is 80.5 Å². The summed E-state index contributed by atoms with van der Waals surface area (Å²) in [6.45, 7) is 3.78. The summed E-state index contributed by atoms with van der Waals surface area (Å²) in [6, 6.07) is 13.8. The van der Waals surface area contributed by atoms with E-state index in [0.29, 0.717) is 5.75 Å². The molecule has 2 aromatic rings. The van der Waals surface area contributed by atoms with Gasteiger partial charge in [0, 0.05) is 0 Å². The second-order valence-electron chi connectivity index (χ2n) is 6.90. The molecule has 0 saturated heterocycles. The lowest BCUT2D eigenvalue weighted by atomic mass is 9.89. The van der Waals surface area contributed by atoms with Crippen molar-refractivity contribution < 1.29 is 14.3 Å². The van der Waals surface area contributed by atoms with Crippen molar-refractivity contribution in [1.29, 1.82) is 0 Å². The minimum Gasteiger partial charge on any atom is -0.497 e. The highest BCUT2D eigenvalue weighted by atomic mass is 16.5. The van der Waals surface area contributed by atoms with Crippen LogP contribution in [0.3, 0.4) is 0 Å². The zero-order valence-electron chi connectivity index (χ0n) is 15.7. The van der Waals surface area contributed by atoms with Crippen molar-refractivity contribution in [2.24, 2.45) is 0 Å². The van der Waals surface area contributed by atoms with Crippen LogP contribution in [0.15, 0.2) is 42.5 Å². The van der Waals surface area contributed by atoms with E-state index in [0.717, 1.165) is 17.7 Å². The molecule has 2 atom stereocenters. The third kappa shape index (κ3) is 4.37. The smallest absolute Gasteiger partial charge is 0.261 e. The van der Waals surface area contributed by atoms with Crippen molar-refractivity contribution in [3.8, 4) is 11.5 Å². The molecule has 26 heavy (non-hydrogen) atoms. The quantitative estimate of drug-likeness (QED) is 0.846. The Labute approximate surface area is 155 Å². The Balaban J connectivity index is 1.59. The predicted molar refractivity (Wildman–Crippen MR) is 103 cm³/mol. The normalized spacial score (nSPS) is 15.5. The third-order valence-electron chi connectivity index (χ3n) is 4.97. The van der Waals surface area contributed by atoms with Crippen LogP contribution in [0.4, 0.5) is 0 Å². The molecular weight excluding hydrogens is 326 g/mol. The Bertz CT molecular complexity index is 754. The fourth-order valence-corrected chi connectivity index (χ4v) is 3.35. The number of carbonyl (C=O) groups is 1. The topological polar surface area (TPSA) is 47.6 Å². The highest BCUT2D eigenvalue weighted by Gasteiger charge is 2.19. The lowest BCUT2D eigenvalue weighted by molar-refractivity contribution is -0.127. The maximum atomic E-state index is 12.5. The molecule has 0 heterocycles. The first-order valence-electron chi connectivity index (χ1n) is 9.29. The molecule has 4 heteroatoms. The summed E-state index contributed by atoms with van der Waals surface area (Å²) in [5.41, 5.74) is 4.03. The van der Waals surface area contributed by atoms with Crippen molar-refractivity contribution in [2.45, 2.75) is 51.7 Å². The maximum absolute atomic E-state index is 12.5. The van der Waals surface area contributed by atoms with Gasteiger partial charge in [0.05, 0.1) is 13.2 Å². The first-order chi connectivity index (χ1) is 12.6. The minimum atomic E-state index is -0.566. The van der Waals surface area contributed by atoms with Gasteiger partial charge in [-0.2, -0.15) is 0 Å².